The van der Waals surface area contributed by atoms with E-state index < -0.39 is 4.92 Å². The van der Waals surface area contributed by atoms with E-state index >= 15 is 0 Å². The molecule has 0 radical (unpaired) electrons. The quantitative estimate of drug-likeness (QED) is 0.651. The number of aryl methyl sites for hydroxylation is 1. The molecule has 0 fully saturated rings. The van der Waals surface area contributed by atoms with Gasteiger partial charge in [0.15, 0.2) is 5.75 Å². The maximum absolute atomic E-state index is 12.0. The Kier molecular flexibility index (Phi) is 3.83. The largest absolute Gasteiger partial charge is 0.502 e. The van der Waals surface area contributed by atoms with Gasteiger partial charge in [0.05, 0.1) is 16.2 Å². The number of aromatic hydroxyl groups is 1. The second-order valence-corrected chi connectivity index (χ2v) is 5.62. The van der Waals surface area contributed by atoms with Crippen molar-refractivity contribution in [1.29, 1.82) is 0 Å². The second-order valence-electron chi connectivity index (χ2n) is 5.62. The van der Waals surface area contributed by atoms with Crippen molar-refractivity contribution >= 4 is 5.69 Å². The molecule has 0 unspecified atom stereocenters. The van der Waals surface area contributed by atoms with Crippen LogP contribution in [0.3, 0.4) is 0 Å². The fourth-order valence-corrected chi connectivity index (χ4v) is 2.82. The Balaban J connectivity index is 1.79. The van der Waals surface area contributed by atoms with E-state index in [2.05, 4.69) is 14.9 Å². The highest BCUT2D eigenvalue weighted by Crippen LogP contribution is 2.27. The molecule has 0 amide bonds. The number of nitrogens with zero attached hydrogens (tertiary/aromatic N) is 3. The fraction of sp³-hybridized carbons (Fsp3) is 0.333. The van der Waals surface area contributed by atoms with E-state index in [1.165, 1.54) is 12.1 Å². The molecule has 0 spiro atoms. The van der Waals surface area contributed by atoms with Gasteiger partial charge in [-0.15, -0.1) is 0 Å². The summed E-state index contributed by atoms with van der Waals surface area (Å²) in [4.78, 5) is 31.2. The summed E-state index contributed by atoms with van der Waals surface area (Å²) in [5.41, 5.74) is 1.81. The number of aromatic nitrogens is 2. The van der Waals surface area contributed by atoms with Crippen LogP contribution >= 0.6 is 0 Å². The maximum Gasteiger partial charge on any atom is 0.310 e. The molecule has 8 nitrogen and oxygen atoms in total. The molecule has 1 aliphatic rings. The summed E-state index contributed by atoms with van der Waals surface area (Å²) >= 11 is 0. The van der Waals surface area contributed by atoms with Crippen LogP contribution in [0.1, 0.15) is 22.6 Å². The summed E-state index contributed by atoms with van der Waals surface area (Å²) in [5.74, 6) is 0.266. The molecule has 3 rings (SSSR count). The Morgan fingerprint density at radius 1 is 1.48 bits per heavy atom. The lowest BCUT2D eigenvalue weighted by Crippen LogP contribution is -2.35. The van der Waals surface area contributed by atoms with Crippen molar-refractivity contribution in [2.45, 2.75) is 26.4 Å². The van der Waals surface area contributed by atoms with Gasteiger partial charge in [-0.1, -0.05) is 6.07 Å². The number of nitro groups is 1. The molecule has 0 saturated heterocycles. The lowest BCUT2D eigenvalue weighted by Gasteiger charge is -2.27. The third-order valence-corrected chi connectivity index (χ3v) is 3.91. The number of nitro benzene ring substituents is 1. The third kappa shape index (κ3) is 3.07. The minimum Gasteiger partial charge on any atom is -0.502 e. The van der Waals surface area contributed by atoms with E-state index in [0.717, 1.165) is 17.8 Å². The van der Waals surface area contributed by atoms with Crippen LogP contribution in [0.4, 0.5) is 5.69 Å². The number of H-pyrrole nitrogens is 1. The van der Waals surface area contributed by atoms with Crippen molar-refractivity contribution in [3.8, 4) is 5.75 Å². The van der Waals surface area contributed by atoms with Crippen molar-refractivity contribution in [2.75, 3.05) is 6.54 Å². The topological polar surface area (TPSA) is 112 Å². The highest BCUT2D eigenvalue weighted by molar-refractivity contribution is 5.47. The van der Waals surface area contributed by atoms with Gasteiger partial charge in [-0.3, -0.25) is 19.8 Å². The molecule has 0 aliphatic carbocycles. The Labute approximate surface area is 131 Å². The minimum absolute atomic E-state index is 0.122. The molecule has 23 heavy (non-hydrogen) atoms. The van der Waals surface area contributed by atoms with Crippen molar-refractivity contribution < 1.29 is 10.0 Å². The molecule has 2 aromatic rings. The predicted molar refractivity (Wildman–Crippen MR) is 82.2 cm³/mol. The average Bonchev–Trinajstić information content (AvgIpc) is 2.47. The molecule has 0 bridgehead atoms. The highest BCUT2D eigenvalue weighted by Gasteiger charge is 2.21. The predicted octanol–water partition coefficient (Wildman–Crippen LogP) is 1.25. The van der Waals surface area contributed by atoms with Gasteiger partial charge in [-0.25, -0.2) is 4.98 Å². The Morgan fingerprint density at radius 2 is 2.26 bits per heavy atom. The summed E-state index contributed by atoms with van der Waals surface area (Å²) in [6.45, 7) is 3.46. The normalized spacial score (nSPS) is 14.5. The summed E-state index contributed by atoms with van der Waals surface area (Å²) in [7, 11) is 0. The first kappa shape index (κ1) is 15.2. The van der Waals surface area contributed by atoms with Gasteiger partial charge >= 0.3 is 5.69 Å². The number of hydrogen-bond acceptors (Lipinski definition) is 6. The van der Waals surface area contributed by atoms with Crippen molar-refractivity contribution in [3.05, 3.63) is 61.3 Å². The maximum atomic E-state index is 12.0. The Morgan fingerprint density at radius 3 is 2.96 bits per heavy atom. The zero-order valence-corrected chi connectivity index (χ0v) is 12.6. The number of fused-ring (bicyclic) bond motifs is 1. The fourth-order valence-electron chi connectivity index (χ4n) is 2.82. The minimum atomic E-state index is -0.621. The molecule has 2 N–H and O–H groups in total. The molecule has 1 aliphatic heterocycles. The van der Waals surface area contributed by atoms with Gasteiger partial charge in [-0.2, -0.15) is 0 Å². The lowest BCUT2D eigenvalue weighted by atomic mass is 10.1. The number of hydrogen-bond donors (Lipinski definition) is 2. The number of phenols is 1. The smallest absolute Gasteiger partial charge is 0.310 e. The van der Waals surface area contributed by atoms with E-state index in [-0.39, 0.29) is 17.0 Å². The number of phenolic OH excluding ortho intramolecular Hbond substituents is 1. The second kappa shape index (κ2) is 5.81. The number of benzene rings is 1. The van der Waals surface area contributed by atoms with Crippen LogP contribution in [-0.4, -0.2) is 31.4 Å². The van der Waals surface area contributed by atoms with Gasteiger partial charge in [-0.05, 0) is 18.6 Å². The summed E-state index contributed by atoms with van der Waals surface area (Å²) in [6, 6.07) is 4.30. The van der Waals surface area contributed by atoms with Crippen LogP contribution in [0.2, 0.25) is 0 Å². The van der Waals surface area contributed by atoms with Crippen LogP contribution in [0.5, 0.6) is 5.75 Å². The van der Waals surface area contributed by atoms with E-state index in [1.807, 2.05) is 0 Å². The van der Waals surface area contributed by atoms with Crippen LogP contribution in [0, 0.1) is 17.0 Å². The molecule has 1 aromatic heterocycles. The zero-order chi connectivity index (χ0) is 16.6. The standard InChI is InChI=1S/C15H16N4O4/c1-9-16-12-4-5-18(8-11(12)15(21)17-9)7-10-2-3-13(19(22)23)14(20)6-10/h2-3,6,20H,4-5,7-8H2,1H3,(H,16,17,21). The average molecular weight is 316 g/mol. The molecular weight excluding hydrogens is 300 g/mol. The SMILES string of the molecule is Cc1nc2c(c(=O)[nH]1)CN(Cc1ccc([N+](=O)[O-])c(O)c1)CC2. The summed E-state index contributed by atoms with van der Waals surface area (Å²) < 4.78 is 0. The molecule has 120 valence electrons. The summed E-state index contributed by atoms with van der Waals surface area (Å²) in [5, 5.41) is 20.4. The van der Waals surface area contributed by atoms with Crippen molar-refractivity contribution in [2.24, 2.45) is 0 Å². The zero-order valence-electron chi connectivity index (χ0n) is 12.6. The summed E-state index contributed by atoms with van der Waals surface area (Å²) in [6.07, 6.45) is 0.680. The van der Waals surface area contributed by atoms with E-state index in [1.54, 1.807) is 13.0 Å². The van der Waals surface area contributed by atoms with E-state index in [0.29, 0.717) is 30.9 Å². The Hall–Kier alpha value is -2.74. The molecule has 2 heterocycles. The first-order valence-electron chi connectivity index (χ1n) is 7.21. The first-order valence-corrected chi connectivity index (χ1v) is 7.21. The van der Waals surface area contributed by atoms with Gasteiger partial charge < -0.3 is 10.1 Å². The van der Waals surface area contributed by atoms with Crippen molar-refractivity contribution in [1.82, 2.24) is 14.9 Å². The molecule has 0 saturated carbocycles. The first-order chi connectivity index (χ1) is 10.9. The van der Waals surface area contributed by atoms with Crippen molar-refractivity contribution in [3.63, 3.8) is 0 Å². The van der Waals surface area contributed by atoms with Gasteiger partial charge in [0, 0.05) is 32.1 Å². The number of nitrogens with one attached hydrogen (secondary N) is 1. The highest BCUT2D eigenvalue weighted by atomic mass is 16.6. The van der Waals surface area contributed by atoms with E-state index in [9.17, 15) is 20.0 Å². The number of aromatic amines is 1. The van der Waals surface area contributed by atoms with Gasteiger partial charge in [0.1, 0.15) is 5.82 Å². The molecule has 8 heteroatoms. The van der Waals surface area contributed by atoms with Crippen LogP contribution in [0.15, 0.2) is 23.0 Å². The van der Waals surface area contributed by atoms with Gasteiger partial charge in [0.25, 0.3) is 5.56 Å². The molecule has 0 atom stereocenters. The monoisotopic (exact) mass is 316 g/mol. The Bertz CT molecular complexity index is 831. The van der Waals surface area contributed by atoms with E-state index in [4.69, 9.17) is 0 Å². The lowest BCUT2D eigenvalue weighted by molar-refractivity contribution is -0.385. The van der Waals surface area contributed by atoms with Crippen LogP contribution < -0.4 is 5.56 Å². The molecule has 1 aromatic carbocycles. The third-order valence-electron chi connectivity index (χ3n) is 3.91. The van der Waals surface area contributed by atoms with Gasteiger partial charge in [0.2, 0.25) is 0 Å². The van der Waals surface area contributed by atoms with Crippen LogP contribution in [0.25, 0.3) is 0 Å². The molecular formula is C15H16N4O4. The van der Waals surface area contributed by atoms with Crippen LogP contribution in [-0.2, 0) is 19.5 Å². The number of rotatable bonds is 3.